The number of carbonyl (C=O) groups excluding carboxylic acids is 1. The van der Waals surface area contributed by atoms with E-state index in [9.17, 15) is 17.6 Å². The van der Waals surface area contributed by atoms with Crippen LogP contribution in [0.4, 0.5) is 15.8 Å². The second kappa shape index (κ2) is 8.34. The van der Waals surface area contributed by atoms with E-state index in [1.54, 1.807) is 18.2 Å². The van der Waals surface area contributed by atoms with Crippen LogP contribution < -0.4 is 9.62 Å². The van der Waals surface area contributed by atoms with Crippen molar-refractivity contribution in [3.05, 3.63) is 57.3 Å². The lowest BCUT2D eigenvalue weighted by atomic mass is 10.1. The molecule has 0 aromatic heterocycles. The minimum absolute atomic E-state index is 0.0205. The molecule has 2 heterocycles. The van der Waals surface area contributed by atoms with Gasteiger partial charge in [-0.2, -0.15) is 0 Å². The number of halogens is 3. The molecule has 30 heavy (non-hydrogen) atoms. The van der Waals surface area contributed by atoms with Crippen molar-refractivity contribution in [1.82, 2.24) is 0 Å². The SMILES string of the molecule is O=C(Nc1cc(Cl)cc([C@@H]2CCCO2)c1)c1cc(N2CCCS2(=O)=O)cc(F)c1Cl. The molecule has 0 spiro atoms. The molecule has 1 atom stereocenters. The predicted molar refractivity (Wildman–Crippen MR) is 114 cm³/mol. The zero-order valence-electron chi connectivity index (χ0n) is 15.8. The van der Waals surface area contributed by atoms with Crippen LogP contribution in [0.1, 0.15) is 41.3 Å². The van der Waals surface area contributed by atoms with E-state index < -0.39 is 21.7 Å². The van der Waals surface area contributed by atoms with Gasteiger partial charge in [0.15, 0.2) is 0 Å². The number of rotatable bonds is 4. The molecule has 2 aliphatic heterocycles. The van der Waals surface area contributed by atoms with Crippen LogP contribution in [0.15, 0.2) is 30.3 Å². The summed E-state index contributed by atoms with van der Waals surface area (Å²) in [4.78, 5) is 12.9. The summed E-state index contributed by atoms with van der Waals surface area (Å²) >= 11 is 12.2. The highest BCUT2D eigenvalue weighted by atomic mass is 35.5. The average Bonchev–Trinajstić information content (AvgIpc) is 3.32. The predicted octanol–water partition coefficient (Wildman–Crippen LogP) is 4.78. The van der Waals surface area contributed by atoms with Gasteiger partial charge in [-0.25, -0.2) is 12.8 Å². The number of hydrogen-bond acceptors (Lipinski definition) is 4. The molecule has 10 heteroatoms. The van der Waals surface area contributed by atoms with E-state index in [-0.39, 0.29) is 34.7 Å². The van der Waals surface area contributed by atoms with Gasteiger partial charge in [0, 0.05) is 23.9 Å². The number of carbonyl (C=O) groups is 1. The fourth-order valence-electron chi connectivity index (χ4n) is 3.72. The Bertz CT molecular complexity index is 1100. The smallest absolute Gasteiger partial charge is 0.257 e. The Hall–Kier alpha value is -1.87. The summed E-state index contributed by atoms with van der Waals surface area (Å²) in [6, 6.07) is 7.40. The van der Waals surface area contributed by atoms with E-state index in [0.717, 1.165) is 28.8 Å². The molecule has 4 rings (SSSR count). The van der Waals surface area contributed by atoms with Gasteiger partial charge >= 0.3 is 0 Å². The first kappa shape index (κ1) is 21.4. The van der Waals surface area contributed by atoms with Crippen molar-refractivity contribution in [2.45, 2.75) is 25.4 Å². The van der Waals surface area contributed by atoms with Crippen LogP contribution in [-0.2, 0) is 14.8 Å². The van der Waals surface area contributed by atoms with Crippen LogP contribution in [0.2, 0.25) is 10.0 Å². The number of sulfonamides is 1. The lowest BCUT2D eigenvalue weighted by Gasteiger charge is -2.19. The third-order valence-electron chi connectivity index (χ3n) is 5.12. The molecule has 160 valence electrons. The van der Waals surface area contributed by atoms with Crippen LogP contribution in [0, 0.1) is 5.82 Å². The molecule has 2 aliphatic rings. The van der Waals surface area contributed by atoms with Gasteiger partial charge in [0.2, 0.25) is 10.0 Å². The van der Waals surface area contributed by atoms with Gasteiger partial charge in [0.1, 0.15) is 5.82 Å². The fraction of sp³-hybridized carbons (Fsp3) is 0.350. The Morgan fingerprint density at radius 1 is 1.17 bits per heavy atom. The van der Waals surface area contributed by atoms with Crippen molar-refractivity contribution < 1.29 is 22.3 Å². The largest absolute Gasteiger partial charge is 0.374 e. The van der Waals surface area contributed by atoms with Gasteiger partial charge in [-0.15, -0.1) is 0 Å². The number of benzene rings is 2. The van der Waals surface area contributed by atoms with E-state index in [1.165, 1.54) is 6.07 Å². The van der Waals surface area contributed by atoms with E-state index in [0.29, 0.717) is 23.7 Å². The van der Waals surface area contributed by atoms with Crippen molar-refractivity contribution in [1.29, 1.82) is 0 Å². The maximum Gasteiger partial charge on any atom is 0.257 e. The molecule has 0 aliphatic carbocycles. The Balaban J connectivity index is 1.64. The van der Waals surface area contributed by atoms with Gasteiger partial charge in [0.05, 0.1) is 28.1 Å². The lowest BCUT2D eigenvalue weighted by molar-refractivity contribution is 0.102. The monoisotopic (exact) mass is 472 g/mol. The summed E-state index contributed by atoms with van der Waals surface area (Å²) in [5.74, 6) is -1.56. The van der Waals surface area contributed by atoms with E-state index in [1.807, 2.05) is 0 Å². The van der Waals surface area contributed by atoms with Crippen molar-refractivity contribution >= 4 is 50.5 Å². The first-order valence-corrected chi connectivity index (χ1v) is 11.8. The van der Waals surface area contributed by atoms with Crippen LogP contribution in [-0.4, -0.2) is 33.2 Å². The summed E-state index contributed by atoms with van der Waals surface area (Å²) in [5, 5.41) is 2.71. The van der Waals surface area contributed by atoms with Crippen molar-refractivity contribution in [2.24, 2.45) is 0 Å². The summed E-state index contributed by atoms with van der Waals surface area (Å²) in [6.45, 7) is 0.892. The zero-order valence-corrected chi connectivity index (χ0v) is 18.2. The van der Waals surface area contributed by atoms with Crippen LogP contribution >= 0.6 is 23.2 Å². The fourth-order valence-corrected chi connectivity index (χ4v) is 5.71. The second-order valence-electron chi connectivity index (χ2n) is 7.26. The number of anilines is 2. The maximum absolute atomic E-state index is 14.4. The van der Waals surface area contributed by atoms with Gasteiger partial charge in [0.25, 0.3) is 5.91 Å². The van der Waals surface area contributed by atoms with Crippen molar-refractivity contribution in [2.75, 3.05) is 28.5 Å². The lowest BCUT2D eigenvalue weighted by Crippen LogP contribution is -2.26. The molecule has 1 amide bonds. The highest BCUT2D eigenvalue weighted by Gasteiger charge is 2.30. The zero-order chi connectivity index (χ0) is 21.5. The molecule has 0 unspecified atom stereocenters. The average molecular weight is 473 g/mol. The highest BCUT2D eigenvalue weighted by molar-refractivity contribution is 7.93. The van der Waals surface area contributed by atoms with Crippen molar-refractivity contribution in [3.63, 3.8) is 0 Å². The number of nitrogens with zero attached hydrogens (tertiary/aromatic N) is 1. The molecule has 1 N–H and O–H groups in total. The second-order valence-corrected chi connectivity index (χ2v) is 10.1. The standard InChI is InChI=1S/C20H19Cl2FN2O4S/c21-13-7-12(18-3-1-5-29-18)8-14(9-13)24-20(26)16-10-15(11-17(23)19(16)22)25-4-2-6-30(25,27)28/h7-11,18H,1-6H2,(H,24,26)/t18-/m0/s1. The first-order chi connectivity index (χ1) is 14.2. The Morgan fingerprint density at radius 2 is 1.97 bits per heavy atom. The molecule has 0 saturated carbocycles. The molecule has 2 saturated heterocycles. The Kier molecular flexibility index (Phi) is 5.94. The van der Waals surface area contributed by atoms with E-state index in [4.69, 9.17) is 27.9 Å². The molecule has 6 nitrogen and oxygen atoms in total. The molecular formula is C20H19Cl2FN2O4S. The van der Waals surface area contributed by atoms with E-state index >= 15 is 0 Å². The molecule has 0 bridgehead atoms. The van der Waals surface area contributed by atoms with Crippen molar-refractivity contribution in [3.8, 4) is 0 Å². The third-order valence-corrected chi connectivity index (χ3v) is 7.60. The minimum atomic E-state index is -3.53. The summed E-state index contributed by atoms with van der Waals surface area (Å²) in [6.07, 6.45) is 2.14. The molecule has 2 aromatic carbocycles. The van der Waals surface area contributed by atoms with Crippen LogP contribution in [0.5, 0.6) is 0 Å². The van der Waals surface area contributed by atoms with Gasteiger partial charge in [-0.05, 0) is 55.2 Å². The topological polar surface area (TPSA) is 75.7 Å². The summed E-state index contributed by atoms with van der Waals surface area (Å²) < 4.78 is 45.5. The summed E-state index contributed by atoms with van der Waals surface area (Å²) in [5.41, 5.74) is 1.16. The van der Waals surface area contributed by atoms with E-state index in [2.05, 4.69) is 5.32 Å². The number of amides is 1. The Morgan fingerprint density at radius 3 is 2.63 bits per heavy atom. The molecule has 0 radical (unpaired) electrons. The first-order valence-electron chi connectivity index (χ1n) is 9.47. The Labute approximate surface area is 184 Å². The quantitative estimate of drug-likeness (QED) is 0.694. The number of hydrogen-bond donors (Lipinski definition) is 1. The summed E-state index contributed by atoms with van der Waals surface area (Å²) in [7, 11) is -3.53. The third kappa shape index (κ3) is 4.27. The van der Waals surface area contributed by atoms with Gasteiger partial charge < -0.3 is 10.1 Å². The molecule has 2 aromatic rings. The van der Waals surface area contributed by atoms with Crippen LogP contribution in [0.3, 0.4) is 0 Å². The number of nitrogens with one attached hydrogen (secondary N) is 1. The maximum atomic E-state index is 14.4. The highest BCUT2D eigenvalue weighted by Crippen LogP contribution is 2.34. The number of ether oxygens (including phenoxy) is 1. The van der Waals surface area contributed by atoms with Gasteiger partial charge in [-0.1, -0.05) is 23.2 Å². The van der Waals surface area contributed by atoms with Crippen LogP contribution in [0.25, 0.3) is 0 Å². The molecular weight excluding hydrogens is 454 g/mol. The van der Waals surface area contributed by atoms with Gasteiger partial charge in [-0.3, -0.25) is 9.10 Å². The minimum Gasteiger partial charge on any atom is -0.374 e. The molecule has 2 fully saturated rings. The normalized spacial score (nSPS) is 20.5.